The van der Waals surface area contributed by atoms with E-state index in [9.17, 15) is 4.79 Å². The number of benzene rings is 2. The summed E-state index contributed by atoms with van der Waals surface area (Å²) in [7, 11) is 1.67. The zero-order valence-corrected chi connectivity index (χ0v) is 22.8. The van der Waals surface area contributed by atoms with E-state index < -0.39 is 0 Å². The Morgan fingerprint density at radius 2 is 2.00 bits per heavy atom. The molecule has 10 nitrogen and oxygen atoms in total. The molecule has 0 aliphatic carbocycles. The maximum absolute atomic E-state index is 13.2. The van der Waals surface area contributed by atoms with Gasteiger partial charge in [0.15, 0.2) is 5.82 Å². The number of aromatic nitrogens is 5. The highest BCUT2D eigenvalue weighted by atomic mass is 16.5. The third-order valence-electron chi connectivity index (χ3n) is 7.23. The number of nitrogens with zero attached hydrogens (tertiary/aromatic N) is 5. The van der Waals surface area contributed by atoms with Gasteiger partial charge in [-0.1, -0.05) is 25.1 Å². The summed E-state index contributed by atoms with van der Waals surface area (Å²) in [4.78, 5) is 18.5. The van der Waals surface area contributed by atoms with Gasteiger partial charge in [-0.2, -0.15) is 0 Å². The molecule has 0 spiro atoms. The molecule has 1 saturated heterocycles. The third-order valence-corrected chi connectivity index (χ3v) is 7.23. The molecule has 2 aromatic carbocycles. The number of ether oxygens (including phenoxy) is 3. The molecular formula is C29H36N6O4. The molecule has 10 heteroatoms. The summed E-state index contributed by atoms with van der Waals surface area (Å²) in [5.41, 5.74) is 2.33. The molecular weight excluding hydrogens is 496 g/mol. The number of rotatable bonds is 12. The van der Waals surface area contributed by atoms with E-state index >= 15 is 0 Å². The number of fused-ring (bicyclic) bond motifs is 1. The van der Waals surface area contributed by atoms with Gasteiger partial charge in [0, 0.05) is 41.7 Å². The summed E-state index contributed by atoms with van der Waals surface area (Å²) in [5, 5.41) is 13.7. The second-order valence-electron chi connectivity index (χ2n) is 9.80. The van der Waals surface area contributed by atoms with Gasteiger partial charge in [-0.3, -0.25) is 9.69 Å². The van der Waals surface area contributed by atoms with E-state index in [-0.39, 0.29) is 17.7 Å². The molecule has 206 valence electrons. The van der Waals surface area contributed by atoms with Crippen molar-refractivity contribution in [3.8, 4) is 11.5 Å². The van der Waals surface area contributed by atoms with E-state index in [0.717, 1.165) is 59.7 Å². The Balaban J connectivity index is 1.52. The Morgan fingerprint density at radius 3 is 2.77 bits per heavy atom. The first kappa shape index (κ1) is 26.8. The average Bonchev–Trinajstić information content (AvgIpc) is 3.63. The second kappa shape index (κ2) is 12.4. The van der Waals surface area contributed by atoms with Crippen molar-refractivity contribution in [2.75, 3.05) is 20.3 Å². The lowest BCUT2D eigenvalue weighted by molar-refractivity contribution is 0.0887. The van der Waals surface area contributed by atoms with Crippen molar-refractivity contribution in [1.82, 2.24) is 30.1 Å². The molecule has 1 fully saturated rings. The Morgan fingerprint density at radius 1 is 1.15 bits per heavy atom. The maximum atomic E-state index is 13.2. The standard InChI is InChI=1S/C29H36N6O4/c1-4-26(28-31-32-33-35(28)19-24-10-8-14-39-24)34(17-20-9-6-7-11-27(20)37-3)18-22-15-21-16-23(38-5-2)12-13-25(21)30-29(22)36/h6-7,9,11-13,15-16,24,26H,4-5,8,10,14,17-19H2,1-3H3,(H,30,36)/t24-,26+/m1/s1. The van der Waals surface area contributed by atoms with E-state index in [1.165, 1.54) is 0 Å². The third kappa shape index (κ3) is 6.12. The predicted molar refractivity (Wildman–Crippen MR) is 148 cm³/mol. The van der Waals surface area contributed by atoms with Crippen molar-refractivity contribution in [2.45, 2.75) is 64.9 Å². The molecule has 2 atom stereocenters. The summed E-state index contributed by atoms with van der Waals surface area (Å²) >= 11 is 0. The summed E-state index contributed by atoms with van der Waals surface area (Å²) in [6.45, 7) is 6.97. The molecule has 0 saturated carbocycles. The molecule has 2 aromatic heterocycles. The van der Waals surface area contributed by atoms with E-state index in [2.05, 4.69) is 32.3 Å². The minimum absolute atomic E-state index is 0.107. The topological polar surface area (TPSA) is 107 Å². The second-order valence-corrected chi connectivity index (χ2v) is 9.80. The summed E-state index contributed by atoms with van der Waals surface area (Å²) < 4.78 is 19.1. The molecule has 0 amide bonds. The molecule has 5 rings (SSSR count). The first-order valence-electron chi connectivity index (χ1n) is 13.6. The lowest BCUT2D eigenvalue weighted by Gasteiger charge is -2.31. The van der Waals surface area contributed by atoms with Crippen LogP contribution in [0.5, 0.6) is 11.5 Å². The van der Waals surface area contributed by atoms with Crippen molar-refractivity contribution >= 4 is 10.9 Å². The van der Waals surface area contributed by atoms with Gasteiger partial charge in [0.2, 0.25) is 0 Å². The summed E-state index contributed by atoms with van der Waals surface area (Å²) in [5.74, 6) is 2.33. The van der Waals surface area contributed by atoms with Crippen LogP contribution in [0.1, 0.15) is 56.1 Å². The van der Waals surface area contributed by atoms with Crippen molar-refractivity contribution in [2.24, 2.45) is 0 Å². The van der Waals surface area contributed by atoms with Crippen LogP contribution >= 0.6 is 0 Å². The van der Waals surface area contributed by atoms with Gasteiger partial charge >= 0.3 is 0 Å². The van der Waals surface area contributed by atoms with E-state index in [4.69, 9.17) is 14.2 Å². The first-order chi connectivity index (χ1) is 19.1. The van der Waals surface area contributed by atoms with Crippen LogP contribution in [0.2, 0.25) is 0 Å². The summed E-state index contributed by atoms with van der Waals surface area (Å²) in [6, 6.07) is 15.5. The zero-order valence-electron chi connectivity index (χ0n) is 22.8. The van der Waals surface area contributed by atoms with Crippen LogP contribution in [0.3, 0.4) is 0 Å². The van der Waals surface area contributed by atoms with Crippen LogP contribution in [-0.2, 0) is 24.4 Å². The smallest absolute Gasteiger partial charge is 0.252 e. The normalized spacial score (nSPS) is 16.2. The van der Waals surface area contributed by atoms with Crippen molar-refractivity contribution in [3.05, 3.63) is 75.8 Å². The molecule has 1 N–H and O–H groups in total. The van der Waals surface area contributed by atoms with Gasteiger partial charge in [-0.05, 0) is 66.9 Å². The van der Waals surface area contributed by atoms with Crippen LogP contribution in [0, 0.1) is 0 Å². The van der Waals surface area contributed by atoms with Crippen molar-refractivity contribution < 1.29 is 14.2 Å². The first-order valence-corrected chi connectivity index (χ1v) is 13.6. The fourth-order valence-corrected chi connectivity index (χ4v) is 5.32. The SMILES string of the molecule is CCOc1ccc2[nH]c(=O)c(CN(Cc3ccccc3OC)[C@@H](CC)c3nnnn3C[C@H]3CCCO3)cc2c1. The monoisotopic (exact) mass is 532 g/mol. The number of pyridine rings is 1. The number of para-hydroxylation sites is 1. The molecule has 1 aliphatic rings. The van der Waals surface area contributed by atoms with Crippen LogP contribution in [0.25, 0.3) is 10.9 Å². The van der Waals surface area contributed by atoms with Crippen molar-refractivity contribution in [3.63, 3.8) is 0 Å². The lowest BCUT2D eigenvalue weighted by Crippen LogP contribution is -2.33. The highest BCUT2D eigenvalue weighted by molar-refractivity contribution is 5.80. The predicted octanol–water partition coefficient (Wildman–Crippen LogP) is 4.25. The Kier molecular flexibility index (Phi) is 8.53. The van der Waals surface area contributed by atoms with Gasteiger partial charge in [-0.25, -0.2) is 4.68 Å². The van der Waals surface area contributed by atoms with Gasteiger partial charge in [0.1, 0.15) is 11.5 Å². The largest absolute Gasteiger partial charge is 0.496 e. The van der Waals surface area contributed by atoms with Crippen LogP contribution in [0.15, 0.2) is 53.3 Å². The highest BCUT2D eigenvalue weighted by Gasteiger charge is 2.28. The van der Waals surface area contributed by atoms with Gasteiger partial charge < -0.3 is 19.2 Å². The summed E-state index contributed by atoms with van der Waals surface area (Å²) in [6.07, 6.45) is 2.91. The van der Waals surface area contributed by atoms with Gasteiger partial charge in [0.05, 0.1) is 32.4 Å². The maximum Gasteiger partial charge on any atom is 0.252 e. The molecule has 0 unspecified atom stereocenters. The number of methoxy groups -OCH3 is 1. The van der Waals surface area contributed by atoms with E-state index in [0.29, 0.717) is 31.8 Å². The molecule has 0 radical (unpaired) electrons. The van der Waals surface area contributed by atoms with Gasteiger partial charge in [0.25, 0.3) is 5.56 Å². The molecule has 39 heavy (non-hydrogen) atoms. The van der Waals surface area contributed by atoms with Crippen LogP contribution in [-0.4, -0.2) is 56.5 Å². The van der Waals surface area contributed by atoms with Crippen LogP contribution < -0.4 is 15.0 Å². The van der Waals surface area contributed by atoms with Gasteiger partial charge in [-0.15, -0.1) is 5.10 Å². The lowest BCUT2D eigenvalue weighted by atomic mass is 10.1. The minimum Gasteiger partial charge on any atom is -0.496 e. The average molecular weight is 533 g/mol. The number of nitrogens with one attached hydrogen (secondary N) is 1. The fraction of sp³-hybridized carbons (Fsp3) is 0.448. The number of hydrogen-bond donors (Lipinski definition) is 1. The van der Waals surface area contributed by atoms with Crippen LogP contribution in [0.4, 0.5) is 0 Å². The Hall–Kier alpha value is -3.76. The molecule has 3 heterocycles. The van der Waals surface area contributed by atoms with E-state index in [1.54, 1.807) is 7.11 Å². The molecule has 1 aliphatic heterocycles. The quantitative estimate of drug-likeness (QED) is 0.289. The number of aromatic amines is 1. The Bertz CT molecular complexity index is 1450. The van der Waals surface area contributed by atoms with Crippen molar-refractivity contribution in [1.29, 1.82) is 0 Å². The molecule has 4 aromatic rings. The Labute approximate surface area is 227 Å². The molecule has 0 bridgehead atoms. The van der Waals surface area contributed by atoms with E-state index in [1.807, 2.05) is 60.1 Å². The minimum atomic E-state index is -0.142. The fourth-order valence-electron chi connectivity index (χ4n) is 5.32. The number of hydrogen-bond acceptors (Lipinski definition) is 8. The number of tetrazole rings is 1. The zero-order chi connectivity index (χ0) is 27.2. The number of H-pyrrole nitrogens is 1. The highest BCUT2D eigenvalue weighted by Crippen LogP contribution is 2.30.